The lowest BCUT2D eigenvalue weighted by atomic mass is 10.2. The van der Waals surface area contributed by atoms with Crippen LogP contribution < -0.4 is 5.32 Å². The molecule has 0 atom stereocenters. The van der Waals surface area contributed by atoms with E-state index < -0.39 is 24.3 Å². The van der Waals surface area contributed by atoms with Crippen molar-refractivity contribution in [3.05, 3.63) is 47.1 Å². The number of hydrogen-bond donors (Lipinski definition) is 1. The van der Waals surface area contributed by atoms with Crippen LogP contribution in [-0.2, 0) is 20.9 Å². The van der Waals surface area contributed by atoms with Crippen LogP contribution in [0.15, 0.2) is 40.9 Å². The number of hydrogen-bond acceptors (Lipinski definition) is 7. The van der Waals surface area contributed by atoms with Crippen LogP contribution in [0.25, 0.3) is 10.7 Å². The Hall–Kier alpha value is -2.72. The van der Waals surface area contributed by atoms with E-state index in [-0.39, 0.29) is 5.75 Å². The summed E-state index contributed by atoms with van der Waals surface area (Å²) in [6, 6.07) is 8.25. The first kappa shape index (κ1) is 21.0. The number of carbonyl (C=O) groups is 2. The van der Waals surface area contributed by atoms with Gasteiger partial charge in [0.05, 0.1) is 10.6 Å². The van der Waals surface area contributed by atoms with Crippen LogP contribution in [0.5, 0.6) is 0 Å². The summed E-state index contributed by atoms with van der Waals surface area (Å²) < 4.78 is 20.4. The van der Waals surface area contributed by atoms with E-state index in [2.05, 4.69) is 15.5 Å². The summed E-state index contributed by atoms with van der Waals surface area (Å²) in [7, 11) is 0. The highest BCUT2D eigenvalue weighted by molar-refractivity contribution is 7.99. The Bertz CT molecular complexity index is 1010. The first-order valence-corrected chi connectivity index (χ1v) is 10.7. The fraction of sp³-hybridized carbons (Fsp3) is 0.263. The third-order valence-electron chi connectivity index (χ3n) is 3.91. The molecule has 1 aromatic carbocycles. The molecular formula is C19H19FN4O3S2. The van der Waals surface area contributed by atoms with Crippen molar-refractivity contribution in [2.45, 2.75) is 25.5 Å². The maximum Gasteiger partial charge on any atom is 0.316 e. The highest BCUT2D eigenvalue weighted by atomic mass is 32.2. The van der Waals surface area contributed by atoms with Crippen LogP contribution in [0.4, 0.5) is 10.1 Å². The van der Waals surface area contributed by atoms with Crippen LogP contribution in [0.1, 0.15) is 12.5 Å². The number of rotatable bonds is 8. The van der Waals surface area contributed by atoms with Crippen LogP contribution in [0, 0.1) is 12.7 Å². The number of nitrogens with one attached hydrogen (secondary N) is 1. The zero-order chi connectivity index (χ0) is 20.8. The summed E-state index contributed by atoms with van der Waals surface area (Å²) in [5, 5.41) is 13.4. The summed E-state index contributed by atoms with van der Waals surface area (Å²) in [5.74, 6) is -0.761. The van der Waals surface area contributed by atoms with Gasteiger partial charge < -0.3 is 14.6 Å². The van der Waals surface area contributed by atoms with E-state index in [1.165, 1.54) is 17.8 Å². The van der Waals surface area contributed by atoms with Gasteiger partial charge >= 0.3 is 5.97 Å². The second kappa shape index (κ2) is 9.66. The topological polar surface area (TPSA) is 86.1 Å². The average Bonchev–Trinajstić information content (AvgIpc) is 3.36. The number of amides is 1. The minimum Gasteiger partial charge on any atom is -0.455 e. The first-order valence-electron chi connectivity index (χ1n) is 8.79. The Kier molecular flexibility index (Phi) is 6.99. The molecule has 0 fully saturated rings. The van der Waals surface area contributed by atoms with Gasteiger partial charge in [-0.25, -0.2) is 4.39 Å². The van der Waals surface area contributed by atoms with E-state index in [9.17, 15) is 14.0 Å². The van der Waals surface area contributed by atoms with E-state index in [4.69, 9.17) is 4.74 Å². The standard InChI is InChI=1S/C19H19FN4O3S2/c1-3-24-18(15-5-4-8-28-15)22-23-19(24)29-11-17(26)27-10-16(25)21-13-7-6-12(2)14(20)9-13/h4-9H,3,10-11H2,1-2H3,(H,21,25). The van der Waals surface area contributed by atoms with Crippen molar-refractivity contribution in [2.24, 2.45) is 0 Å². The highest BCUT2D eigenvalue weighted by Crippen LogP contribution is 2.27. The normalized spacial score (nSPS) is 10.7. The fourth-order valence-corrected chi connectivity index (χ4v) is 3.97. The Balaban J connectivity index is 1.49. The number of halogens is 1. The largest absolute Gasteiger partial charge is 0.455 e. The summed E-state index contributed by atoms with van der Waals surface area (Å²) in [4.78, 5) is 24.8. The summed E-state index contributed by atoms with van der Waals surface area (Å²) >= 11 is 2.76. The molecule has 1 N–H and O–H groups in total. The maximum absolute atomic E-state index is 13.5. The van der Waals surface area contributed by atoms with Gasteiger partial charge in [0.25, 0.3) is 5.91 Å². The second-order valence-electron chi connectivity index (χ2n) is 5.99. The smallest absolute Gasteiger partial charge is 0.316 e. The molecule has 7 nitrogen and oxygen atoms in total. The molecule has 3 rings (SSSR count). The van der Waals surface area contributed by atoms with Crippen LogP contribution in [0.3, 0.4) is 0 Å². The lowest BCUT2D eigenvalue weighted by Gasteiger charge is -2.08. The minimum absolute atomic E-state index is 0.00495. The molecule has 3 aromatic rings. The van der Waals surface area contributed by atoms with Crippen molar-refractivity contribution in [1.82, 2.24) is 14.8 Å². The van der Waals surface area contributed by atoms with Crippen molar-refractivity contribution in [1.29, 1.82) is 0 Å². The molecule has 0 aliphatic carbocycles. The number of ether oxygens (including phenoxy) is 1. The molecule has 0 saturated heterocycles. The van der Waals surface area contributed by atoms with Gasteiger partial charge in [-0.2, -0.15) is 0 Å². The summed E-state index contributed by atoms with van der Waals surface area (Å²) in [6.07, 6.45) is 0. The SMILES string of the molecule is CCn1c(SCC(=O)OCC(=O)Nc2ccc(C)c(F)c2)nnc1-c1cccs1. The Morgan fingerprint density at radius 3 is 2.83 bits per heavy atom. The van der Waals surface area contributed by atoms with Crippen LogP contribution >= 0.6 is 23.1 Å². The highest BCUT2D eigenvalue weighted by Gasteiger charge is 2.16. The second-order valence-corrected chi connectivity index (χ2v) is 7.88. The zero-order valence-electron chi connectivity index (χ0n) is 15.8. The fourth-order valence-electron chi connectivity index (χ4n) is 2.45. The summed E-state index contributed by atoms with van der Waals surface area (Å²) in [6.45, 7) is 3.81. The minimum atomic E-state index is -0.552. The van der Waals surface area contributed by atoms with E-state index in [0.29, 0.717) is 23.0 Å². The maximum atomic E-state index is 13.5. The van der Waals surface area contributed by atoms with Crippen LogP contribution in [-0.4, -0.2) is 39.0 Å². The number of benzene rings is 1. The molecule has 1 amide bonds. The molecule has 29 heavy (non-hydrogen) atoms. The molecule has 0 bridgehead atoms. The average molecular weight is 435 g/mol. The van der Waals surface area contributed by atoms with Gasteiger partial charge in [-0.1, -0.05) is 23.9 Å². The molecule has 0 saturated carbocycles. The predicted octanol–water partition coefficient (Wildman–Crippen LogP) is 3.75. The van der Waals surface area contributed by atoms with Gasteiger partial charge in [0.1, 0.15) is 5.82 Å². The number of esters is 1. The van der Waals surface area contributed by atoms with Gasteiger partial charge in [-0.15, -0.1) is 21.5 Å². The molecule has 2 aromatic heterocycles. The molecule has 0 unspecified atom stereocenters. The Morgan fingerprint density at radius 2 is 2.14 bits per heavy atom. The van der Waals surface area contributed by atoms with Crippen molar-refractivity contribution in [2.75, 3.05) is 17.7 Å². The van der Waals surface area contributed by atoms with Gasteiger partial charge in [-0.05, 0) is 43.0 Å². The zero-order valence-corrected chi connectivity index (χ0v) is 17.5. The van der Waals surface area contributed by atoms with Gasteiger partial charge in [-0.3, -0.25) is 9.59 Å². The van der Waals surface area contributed by atoms with E-state index in [0.717, 1.165) is 10.7 Å². The monoisotopic (exact) mass is 434 g/mol. The van der Waals surface area contributed by atoms with Gasteiger partial charge in [0.15, 0.2) is 17.6 Å². The predicted molar refractivity (Wildman–Crippen MR) is 110 cm³/mol. The quantitative estimate of drug-likeness (QED) is 0.429. The third kappa shape index (κ3) is 5.42. The molecule has 2 heterocycles. The Labute approximate surface area is 175 Å². The number of anilines is 1. The number of nitrogens with zero attached hydrogens (tertiary/aromatic N) is 3. The van der Waals surface area contributed by atoms with Crippen LogP contribution in [0.2, 0.25) is 0 Å². The number of thioether (sulfide) groups is 1. The molecule has 0 aliphatic heterocycles. The number of carbonyl (C=O) groups excluding carboxylic acids is 2. The third-order valence-corrected chi connectivity index (χ3v) is 5.72. The van der Waals surface area contributed by atoms with E-state index in [1.54, 1.807) is 30.4 Å². The lowest BCUT2D eigenvalue weighted by molar-refractivity contribution is -0.144. The molecule has 0 aliphatic rings. The lowest BCUT2D eigenvalue weighted by Crippen LogP contribution is -2.21. The number of aromatic nitrogens is 3. The van der Waals surface area contributed by atoms with E-state index in [1.807, 2.05) is 29.0 Å². The summed E-state index contributed by atoms with van der Waals surface area (Å²) in [5.41, 5.74) is 0.786. The number of thiophene rings is 1. The molecule has 10 heteroatoms. The Morgan fingerprint density at radius 1 is 1.31 bits per heavy atom. The molecule has 0 spiro atoms. The van der Waals surface area contributed by atoms with Crippen molar-refractivity contribution in [3.8, 4) is 10.7 Å². The molecular weight excluding hydrogens is 415 g/mol. The number of aryl methyl sites for hydroxylation is 1. The van der Waals surface area contributed by atoms with Crippen molar-refractivity contribution >= 4 is 40.7 Å². The van der Waals surface area contributed by atoms with Gasteiger partial charge in [0, 0.05) is 12.2 Å². The molecule has 152 valence electrons. The first-order chi connectivity index (χ1) is 14.0. The van der Waals surface area contributed by atoms with Crippen molar-refractivity contribution < 1.29 is 18.7 Å². The van der Waals surface area contributed by atoms with Crippen molar-refractivity contribution in [3.63, 3.8) is 0 Å². The molecule has 0 radical (unpaired) electrons. The van der Waals surface area contributed by atoms with E-state index >= 15 is 0 Å². The van der Waals surface area contributed by atoms with Gasteiger partial charge in [0.2, 0.25) is 0 Å².